The van der Waals surface area contributed by atoms with E-state index in [0.717, 1.165) is 18.2 Å². The van der Waals surface area contributed by atoms with Crippen molar-refractivity contribution in [3.8, 4) is 16.9 Å². The average Bonchev–Trinajstić information content (AvgIpc) is 3.02. The Bertz CT molecular complexity index is 1080. The summed E-state index contributed by atoms with van der Waals surface area (Å²) >= 11 is 12.0. The van der Waals surface area contributed by atoms with E-state index in [-0.39, 0.29) is 4.90 Å². The number of hydrogen-bond acceptors (Lipinski definition) is 5. The van der Waals surface area contributed by atoms with E-state index in [0.29, 0.717) is 15.9 Å². The molecule has 140 valence electrons. The molecule has 6 nitrogen and oxygen atoms in total. The maximum absolute atomic E-state index is 12.2. The topological polar surface area (TPSA) is 78.3 Å². The molecular formula is C18H14Cl2N2O4S. The third-order valence-corrected chi connectivity index (χ3v) is 5.53. The Morgan fingerprint density at radius 1 is 1.07 bits per heavy atom. The van der Waals surface area contributed by atoms with Gasteiger partial charge in [0, 0.05) is 23.6 Å². The van der Waals surface area contributed by atoms with Crippen LogP contribution in [0.4, 0.5) is 0 Å². The Hall–Kier alpha value is -2.35. The Morgan fingerprint density at radius 3 is 2.30 bits per heavy atom. The highest BCUT2D eigenvalue weighted by Crippen LogP contribution is 2.27. The number of carbonyl (C=O) groups excluding carboxylic acids is 1. The van der Waals surface area contributed by atoms with Crippen molar-refractivity contribution in [2.24, 2.45) is 0 Å². The summed E-state index contributed by atoms with van der Waals surface area (Å²) in [6, 6.07) is 14.9. The smallest absolute Gasteiger partial charge is 0.303 e. The number of sulfone groups is 1. The highest BCUT2D eigenvalue weighted by Gasteiger charge is 2.17. The van der Waals surface area contributed by atoms with Gasteiger partial charge in [0.25, 0.3) is 0 Å². The van der Waals surface area contributed by atoms with Crippen LogP contribution in [0.1, 0.15) is 6.92 Å². The maximum atomic E-state index is 12.2. The molecule has 0 fully saturated rings. The van der Waals surface area contributed by atoms with Crippen LogP contribution in [-0.4, -0.2) is 30.1 Å². The molecule has 0 aliphatic rings. The zero-order valence-corrected chi connectivity index (χ0v) is 16.4. The second-order valence-corrected chi connectivity index (χ2v) is 8.39. The van der Waals surface area contributed by atoms with Gasteiger partial charge in [-0.25, -0.2) is 13.1 Å². The largest absolute Gasteiger partial charge is 0.449 e. The predicted octanol–water partition coefficient (Wildman–Crippen LogP) is 4.14. The fraction of sp³-hybridized carbons (Fsp3) is 0.111. The lowest BCUT2D eigenvalue weighted by atomic mass is 10.1. The maximum Gasteiger partial charge on any atom is 0.303 e. The van der Waals surface area contributed by atoms with Crippen LogP contribution in [0.3, 0.4) is 0 Å². The molecule has 9 heteroatoms. The van der Waals surface area contributed by atoms with Crippen molar-refractivity contribution >= 4 is 39.0 Å². The Morgan fingerprint density at radius 2 is 1.70 bits per heavy atom. The fourth-order valence-electron chi connectivity index (χ4n) is 2.40. The quantitative estimate of drug-likeness (QED) is 0.575. The number of rotatable bonds is 5. The molecule has 0 atom stereocenters. The van der Waals surface area contributed by atoms with Crippen molar-refractivity contribution in [1.29, 1.82) is 0 Å². The first-order chi connectivity index (χ1) is 12.8. The number of esters is 1. The second-order valence-electron chi connectivity index (χ2n) is 5.63. The summed E-state index contributed by atoms with van der Waals surface area (Å²) in [5, 5.41) is 5.17. The molecule has 3 rings (SSSR count). The van der Waals surface area contributed by atoms with Crippen LogP contribution >= 0.6 is 23.2 Å². The third kappa shape index (κ3) is 4.50. The highest BCUT2D eigenvalue weighted by molar-refractivity contribution is 7.91. The molecule has 0 aliphatic carbocycles. The second kappa shape index (κ2) is 7.72. The van der Waals surface area contributed by atoms with Crippen LogP contribution in [0.25, 0.3) is 16.9 Å². The van der Waals surface area contributed by atoms with Gasteiger partial charge in [-0.05, 0) is 36.4 Å². The predicted molar refractivity (Wildman–Crippen MR) is 103 cm³/mol. The SMILES string of the molecule is CC(=O)OCS(=O)(=O)c1ccc(-c2cc(Cl)nn2-c2ccc(Cl)cc2)cc1. The molecule has 0 aliphatic heterocycles. The summed E-state index contributed by atoms with van der Waals surface area (Å²) in [4.78, 5) is 10.9. The van der Waals surface area contributed by atoms with Crippen molar-refractivity contribution in [2.75, 3.05) is 5.94 Å². The van der Waals surface area contributed by atoms with Gasteiger partial charge in [-0.3, -0.25) is 4.79 Å². The number of hydrogen-bond donors (Lipinski definition) is 0. The van der Waals surface area contributed by atoms with Gasteiger partial charge in [-0.15, -0.1) is 0 Å². The lowest BCUT2D eigenvalue weighted by Gasteiger charge is -2.09. The van der Waals surface area contributed by atoms with Gasteiger partial charge in [0.05, 0.1) is 16.3 Å². The summed E-state index contributed by atoms with van der Waals surface area (Å²) < 4.78 is 30.6. The molecular weight excluding hydrogens is 411 g/mol. The first-order valence-corrected chi connectivity index (χ1v) is 10.2. The molecule has 2 aromatic carbocycles. The monoisotopic (exact) mass is 424 g/mol. The van der Waals surface area contributed by atoms with E-state index in [1.54, 1.807) is 47.1 Å². The first-order valence-electron chi connectivity index (χ1n) is 7.74. The van der Waals surface area contributed by atoms with E-state index < -0.39 is 21.7 Å². The van der Waals surface area contributed by atoms with Crippen LogP contribution in [0.5, 0.6) is 0 Å². The molecule has 3 aromatic rings. The molecule has 1 heterocycles. The summed E-state index contributed by atoms with van der Waals surface area (Å²) in [6.07, 6.45) is 0. The number of ether oxygens (including phenoxy) is 1. The van der Waals surface area contributed by atoms with Crippen molar-refractivity contribution in [3.63, 3.8) is 0 Å². The molecule has 0 N–H and O–H groups in total. The molecule has 0 unspecified atom stereocenters. The summed E-state index contributed by atoms with van der Waals surface area (Å²) in [5.41, 5.74) is 2.16. The number of carbonyl (C=O) groups is 1. The van der Waals surface area contributed by atoms with Crippen LogP contribution in [0, 0.1) is 0 Å². The van der Waals surface area contributed by atoms with Crippen LogP contribution in [0.15, 0.2) is 59.5 Å². The summed E-state index contributed by atoms with van der Waals surface area (Å²) in [6.45, 7) is 1.15. The number of aromatic nitrogens is 2. The average molecular weight is 425 g/mol. The van der Waals surface area contributed by atoms with E-state index in [1.165, 1.54) is 12.1 Å². The van der Waals surface area contributed by atoms with E-state index >= 15 is 0 Å². The van der Waals surface area contributed by atoms with Crippen LogP contribution in [0.2, 0.25) is 10.2 Å². The summed E-state index contributed by atoms with van der Waals surface area (Å²) in [5.74, 6) is -1.35. The van der Waals surface area contributed by atoms with Crippen LogP contribution < -0.4 is 0 Å². The van der Waals surface area contributed by atoms with Crippen molar-refractivity contribution in [3.05, 3.63) is 64.8 Å². The van der Waals surface area contributed by atoms with E-state index in [9.17, 15) is 13.2 Å². The first kappa shape index (κ1) is 19.4. The number of nitrogens with zero attached hydrogens (tertiary/aromatic N) is 2. The van der Waals surface area contributed by atoms with E-state index in [2.05, 4.69) is 9.84 Å². The Labute approximate surface area is 166 Å². The van der Waals surface area contributed by atoms with Crippen LogP contribution in [-0.2, 0) is 19.4 Å². The molecule has 1 aromatic heterocycles. The molecule has 0 spiro atoms. The Balaban J connectivity index is 1.94. The molecule has 0 radical (unpaired) electrons. The van der Waals surface area contributed by atoms with Gasteiger partial charge >= 0.3 is 5.97 Å². The van der Waals surface area contributed by atoms with Gasteiger partial charge in [0.15, 0.2) is 11.1 Å². The minimum atomic E-state index is -3.72. The van der Waals surface area contributed by atoms with E-state index in [1.807, 2.05) is 0 Å². The minimum Gasteiger partial charge on any atom is -0.449 e. The lowest BCUT2D eigenvalue weighted by molar-refractivity contribution is -0.138. The fourth-order valence-corrected chi connectivity index (χ4v) is 3.71. The summed E-state index contributed by atoms with van der Waals surface area (Å²) in [7, 11) is -3.72. The molecule has 0 saturated heterocycles. The normalized spacial score (nSPS) is 11.4. The van der Waals surface area contributed by atoms with Crippen molar-refractivity contribution in [2.45, 2.75) is 11.8 Å². The molecule has 27 heavy (non-hydrogen) atoms. The minimum absolute atomic E-state index is 0.0520. The van der Waals surface area contributed by atoms with Gasteiger partial charge in [-0.2, -0.15) is 5.10 Å². The van der Waals surface area contributed by atoms with E-state index in [4.69, 9.17) is 23.2 Å². The zero-order chi connectivity index (χ0) is 19.6. The third-order valence-electron chi connectivity index (χ3n) is 3.68. The molecule has 0 saturated carbocycles. The lowest BCUT2D eigenvalue weighted by Crippen LogP contribution is -2.12. The van der Waals surface area contributed by atoms with Crippen molar-refractivity contribution in [1.82, 2.24) is 9.78 Å². The number of benzene rings is 2. The van der Waals surface area contributed by atoms with Gasteiger partial charge in [0.2, 0.25) is 9.84 Å². The zero-order valence-electron chi connectivity index (χ0n) is 14.1. The van der Waals surface area contributed by atoms with Crippen molar-refractivity contribution < 1.29 is 17.9 Å². The highest BCUT2D eigenvalue weighted by atomic mass is 35.5. The van der Waals surface area contributed by atoms with Gasteiger partial charge in [-0.1, -0.05) is 35.3 Å². The van der Waals surface area contributed by atoms with Gasteiger partial charge in [0.1, 0.15) is 0 Å². The number of halogens is 2. The Kier molecular flexibility index (Phi) is 5.55. The molecule has 0 bridgehead atoms. The molecule has 0 amide bonds. The standard InChI is InChI=1S/C18H14Cl2N2O4S/c1-12(23)26-11-27(24,25)16-8-2-13(3-9-16)17-10-18(20)21-22(17)15-6-4-14(19)5-7-15/h2-10H,11H2,1H3. The van der Waals surface area contributed by atoms with Gasteiger partial charge < -0.3 is 4.74 Å².